The van der Waals surface area contributed by atoms with Crippen molar-refractivity contribution < 1.29 is 0 Å². The van der Waals surface area contributed by atoms with Crippen LogP contribution in [0.1, 0.15) is 0 Å². The molecule has 7 radical (unpaired) electrons. The van der Waals surface area contributed by atoms with Gasteiger partial charge in [-0.3, -0.25) is 0 Å². The van der Waals surface area contributed by atoms with E-state index < -0.39 is 0 Å². The van der Waals surface area contributed by atoms with Gasteiger partial charge in [0, 0.05) is 0 Å². The number of rotatable bonds is 1. The fourth-order valence-electron chi connectivity index (χ4n) is 0. The van der Waals surface area contributed by atoms with Crippen LogP contribution in [-0.4, -0.2) is 36.6 Å². The Bertz CT molecular complexity index is 2.00. The molecule has 0 aromatic heterocycles. The predicted molar refractivity (Wildman–Crippen MR) is 27.2 cm³/mol. The molecule has 0 aromatic rings. The molecule has 0 fully saturated rings. The molecule has 0 aliphatic carbocycles. The van der Waals surface area contributed by atoms with E-state index in [1.165, 1.54) is 0 Å². The largest absolute Gasteiger partial charge is 0.00518 e. The van der Waals surface area contributed by atoms with Crippen molar-refractivity contribution in [2.24, 2.45) is 0 Å². The van der Waals surface area contributed by atoms with Crippen LogP contribution in [0.15, 0.2) is 0 Å². The van der Waals surface area contributed by atoms with Crippen molar-refractivity contribution in [3.8, 4) is 0 Å². The van der Waals surface area contributed by atoms with E-state index in [-0.39, 0.29) is 0 Å². The average molecular weight is 115 g/mol. The number of hydrogen-bond acceptors (Lipinski definition) is 0. The lowest BCUT2D eigenvalue weighted by Gasteiger charge is -1.62. The maximum atomic E-state index is 2.73. The minimum Gasteiger partial charge on any atom is -0.00518 e. The van der Waals surface area contributed by atoms with Gasteiger partial charge in [0.05, 0.1) is 0 Å². The molecule has 0 saturated heterocycles. The maximum Gasteiger partial charge on any atom is -0.00146 e. The third-order valence-corrected chi connectivity index (χ3v) is 7.79. The van der Waals surface area contributed by atoms with Crippen molar-refractivity contribution in [3.05, 3.63) is 0 Å². The lowest BCUT2D eigenvalue weighted by atomic mass is 26.5. The van der Waals surface area contributed by atoms with Crippen LogP contribution in [-0.2, 0) is 0 Å². The molecule has 0 saturated carbocycles. The van der Waals surface area contributed by atoms with E-state index in [4.69, 9.17) is 0 Å². The molecule has 0 atom stereocenters. The van der Waals surface area contributed by atoms with Gasteiger partial charge in [0.15, 0.2) is 0 Å². The van der Waals surface area contributed by atoms with E-state index in [2.05, 4.69) is 19.5 Å². The van der Waals surface area contributed by atoms with Gasteiger partial charge in [0.1, 0.15) is 0 Å². The quantitative estimate of drug-likeness (QED) is 0.337. The maximum absolute atomic E-state index is 2.73. The molecular weight excluding hydrogens is 112 g/mol. The Labute approximate surface area is 37.2 Å². The highest BCUT2D eigenvalue weighted by atomic mass is 29.7. The highest BCUT2D eigenvalue weighted by molar-refractivity contribution is 7.37. The SMILES string of the molecule is [SiH][Si][SiH][SiH]. The first-order chi connectivity index (χ1) is 1.91. The van der Waals surface area contributed by atoms with Crippen LogP contribution in [0.3, 0.4) is 0 Å². The van der Waals surface area contributed by atoms with Crippen LogP contribution in [0.4, 0.5) is 0 Å². The Morgan fingerprint density at radius 3 is 2.00 bits per heavy atom. The molecule has 0 rings (SSSR count). The van der Waals surface area contributed by atoms with Crippen LogP contribution < -0.4 is 0 Å². The molecule has 0 aliphatic rings. The summed E-state index contributed by atoms with van der Waals surface area (Å²) in [7, 11) is 7.22. The van der Waals surface area contributed by atoms with Crippen LogP contribution in [0.5, 0.6) is 0 Å². The van der Waals surface area contributed by atoms with Crippen LogP contribution >= 0.6 is 0 Å². The molecule has 0 aliphatic heterocycles. The first-order valence-electron chi connectivity index (χ1n) is 0.911. The third kappa shape index (κ3) is 2.87. The first-order valence-corrected chi connectivity index (χ1v) is 8.20. The summed E-state index contributed by atoms with van der Waals surface area (Å²) in [6.07, 6.45) is 0. The normalized spacial score (nSPS) is 7.50. The Morgan fingerprint density at radius 1 is 1.75 bits per heavy atom. The summed E-state index contributed by atoms with van der Waals surface area (Å²) >= 11 is 0. The van der Waals surface area contributed by atoms with Crippen LogP contribution in [0, 0.1) is 0 Å². The van der Waals surface area contributed by atoms with Crippen LogP contribution in [0.2, 0.25) is 0 Å². The zero-order chi connectivity index (χ0) is 3.41. The zero-order valence-electron chi connectivity index (χ0n) is 2.23. The molecule has 19 valence electrons. The lowest BCUT2D eigenvalue weighted by molar-refractivity contribution is 4.14. The molecule has 4 heavy (non-hydrogen) atoms. The Balaban J connectivity index is 1.97. The molecule has 0 N–H and O–H groups in total. The molecule has 4 heteroatoms. The van der Waals surface area contributed by atoms with E-state index in [9.17, 15) is 0 Å². The minimum absolute atomic E-state index is 0.690. The fraction of sp³-hybridized carbons (Fsp3) is 0. The van der Waals surface area contributed by atoms with Gasteiger partial charge in [0.2, 0.25) is 0 Å². The molecule has 0 unspecified atom stereocenters. The smallest absolute Gasteiger partial charge is 0.00146 e. The van der Waals surface area contributed by atoms with Gasteiger partial charge in [-0.2, -0.15) is 0 Å². The van der Waals surface area contributed by atoms with Crippen LogP contribution in [0.25, 0.3) is 0 Å². The lowest BCUT2D eigenvalue weighted by Crippen LogP contribution is -2.00. The molecule has 0 nitrogen and oxygen atoms in total. The third-order valence-electron chi connectivity index (χ3n) is 0.0962. The van der Waals surface area contributed by atoms with Gasteiger partial charge < -0.3 is 0 Å². The van der Waals surface area contributed by atoms with E-state index in [0.717, 1.165) is 8.55 Å². The first kappa shape index (κ1) is 4.87. The van der Waals surface area contributed by atoms with Crippen molar-refractivity contribution >= 4 is 36.6 Å². The van der Waals surface area contributed by atoms with Gasteiger partial charge in [-0.1, -0.05) is 0 Å². The summed E-state index contributed by atoms with van der Waals surface area (Å²) in [6.45, 7) is 0. The Hall–Kier alpha value is 0.868. The monoisotopic (exact) mass is 115 g/mol. The zero-order valence-corrected chi connectivity index (χ0v) is 6.70. The van der Waals surface area contributed by atoms with Crippen molar-refractivity contribution in [2.45, 2.75) is 0 Å². The molecule has 0 aromatic carbocycles. The Morgan fingerprint density at radius 2 is 2.00 bits per heavy atom. The van der Waals surface area contributed by atoms with E-state index in [1.807, 2.05) is 0 Å². The topological polar surface area (TPSA) is 0 Å². The second-order valence-corrected chi connectivity index (χ2v) is 9.00. The van der Waals surface area contributed by atoms with E-state index in [1.54, 1.807) is 0 Å². The van der Waals surface area contributed by atoms with Gasteiger partial charge in [-0.25, -0.2) is 0 Å². The summed E-state index contributed by atoms with van der Waals surface area (Å²) in [4.78, 5) is 0. The van der Waals surface area contributed by atoms with Crippen molar-refractivity contribution in [3.63, 3.8) is 0 Å². The van der Waals surface area contributed by atoms with Gasteiger partial charge in [0.25, 0.3) is 0 Å². The predicted octanol–water partition coefficient (Wildman–Crippen LogP) is -2.33. The van der Waals surface area contributed by atoms with Crippen molar-refractivity contribution in [2.75, 3.05) is 0 Å². The fourth-order valence-corrected chi connectivity index (χ4v) is 0. The van der Waals surface area contributed by atoms with Gasteiger partial charge in [-0.15, -0.1) is 0 Å². The Kier molecular flexibility index (Phi) is 4.71. The number of hydrogen-bond donors (Lipinski definition) is 0. The second kappa shape index (κ2) is 3.87. The van der Waals surface area contributed by atoms with Gasteiger partial charge >= 0.3 is 0 Å². The molecule has 0 heterocycles. The highest BCUT2D eigenvalue weighted by Crippen LogP contribution is 1.24. The standard InChI is InChI=1S/H3Si4/c1-3-4-2/h1-3H. The molecule has 0 spiro atoms. The average Bonchev–Trinajstić information content (AvgIpc) is 1.37. The minimum atomic E-state index is 0.690. The van der Waals surface area contributed by atoms with E-state index >= 15 is 0 Å². The summed E-state index contributed by atoms with van der Waals surface area (Å²) in [5, 5.41) is 0. The summed E-state index contributed by atoms with van der Waals surface area (Å²) in [5.74, 6) is 0. The molecular formula is H3Si4. The molecule has 0 amide bonds. The summed E-state index contributed by atoms with van der Waals surface area (Å²) in [6, 6.07) is 0. The summed E-state index contributed by atoms with van der Waals surface area (Å²) in [5.41, 5.74) is 0. The summed E-state index contributed by atoms with van der Waals surface area (Å²) < 4.78 is 0. The van der Waals surface area contributed by atoms with Crippen molar-refractivity contribution in [1.29, 1.82) is 0 Å². The van der Waals surface area contributed by atoms with Gasteiger partial charge in [-0.05, 0) is 36.6 Å². The van der Waals surface area contributed by atoms with E-state index in [0.29, 0.717) is 8.55 Å². The second-order valence-electron chi connectivity index (χ2n) is 0.333. The highest BCUT2D eigenvalue weighted by Gasteiger charge is 1.62. The van der Waals surface area contributed by atoms with Crippen molar-refractivity contribution in [1.82, 2.24) is 0 Å². The molecule has 0 bridgehead atoms.